The molecule has 3 rings (SSSR count). The number of pyridine rings is 1. The molecule has 4 nitrogen and oxygen atoms in total. The smallest absolute Gasteiger partial charge is 0.184 e. The van der Waals surface area contributed by atoms with E-state index in [2.05, 4.69) is 4.98 Å². The normalized spacial score (nSPS) is 30.7. The molecule has 2 atom stereocenters. The zero-order valence-corrected chi connectivity index (χ0v) is 11.2. The molecule has 19 heavy (non-hydrogen) atoms. The van der Waals surface area contributed by atoms with Gasteiger partial charge < -0.3 is 9.47 Å². The van der Waals surface area contributed by atoms with Gasteiger partial charge in [0.2, 0.25) is 0 Å². The lowest BCUT2D eigenvalue weighted by Crippen LogP contribution is -2.42. The van der Waals surface area contributed by atoms with Crippen molar-refractivity contribution in [3.8, 4) is 0 Å². The van der Waals surface area contributed by atoms with Crippen molar-refractivity contribution in [3.63, 3.8) is 0 Å². The average Bonchev–Trinajstić information content (AvgIpc) is 2.86. The van der Waals surface area contributed by atoms with E-state index in [4.69, 9.17) is 9.47 Å². The SMILES string of the molecule is Cc1ccnc(C(=O)C2CCOC3(CCOC3)C2)c1. The van der Waals surface area contributed by atoms with Gasteiger partial charge in [0, 0.05) is 31.7 Å². The number of hydrogen-bond acceptors (Lipinski definition) is 4. The van der Waals surface area contributed by atoms with E-state index in [0.717, 1.165) is 31.4 Å². The van der Waals surface area contributed by atoms with Crippen molar-refractivity contribution in [2.75, 3.05) is 19.8 Å². The predicted molar refractivity (Wildman–Crippen MR) is 70.1 cm³/mol. The molecule has 0 N–H and O–H groups in total. The first-order valence-corrected chi connectivity index (χ1v) is 6.87. The number of nitrogens with zero attached hydrogens (tertiary/aromatic N) is 1. The van der Waals surface area contributed by atoms with E-state index in [1.54, 1.807) is 6.20 Å². The van der Waals surface area contributed by atoms with Crippen LogP contribution in [0.1, 0.15) is 35.3 Å². The Bertz CT molecular complexity index is 480. The Labute approximate surface area is 113 Å². The van der Waals surface area contributed by atoms with Crippen molar-refractivity contribution in [2.24, 2.45) is 5.92 Å². The first-order valence-electron chi connectivity index (χ1n) is 6.87. The van der Waals surface area contributed by atoms with E-state index in [0.29, 0.717) is 18.9 Å². The number of aryl methyl sites for hydroxylation is 1. The van der Waals surface area contributed by atoms with Crippen molar-refractivity contribution in [2.45, 2.75) is 31.8 Å². The van der Waals surface area contributed by atoms with Crippen LogP contribution < -0.4 is 0 Å². The maximum atomic E-state index is 12.5. The zero-order valence-electron chi connectivity index (χ0n) is 11.2. The fourth-order valence-corrected chi connectivity index (χ4v) is 2.99. The Balaban J connectivity index is 1.76. The number of Topliss-reactive ketones (excluding diaryl/α,β-unsaturated/α-hetero) is 1. The lowest BCUT2D eigenvalue weighted by atomic mass is 9.82. The summed E-state index contributed by atoms with van der Waals surface area (Å²) in [6, 6.07) is 3.78. The van der Waals surface area contributed by atoms with Crippen molar-refractivity contribution < 1.29 is 14.3 Å². The van der Waals surface area contributed by atoms with Gasteiger partial charge in [0.15, 0.2) is 5.78 Å². The Morgan fingerprint density at radius 3 is 3.11 bits per heavy atom. The molecule has 1 aromatic heterocycles. The second-order valence-electron chi connectivity index (χ2n) is 5.61. The summed E-state index contributed by atoms with van der Waals surface area (Å²) >= 11 is 0. The van der Waals surface area contributed by atoms with Crippen LogP contribution in [0.3, 0.4) is 0 Å². The fraction of sp³-hybridized carbons (Fsp3) is 0.600. The molecule has 3 heterocycles. The summed E-state index contributed by atoms with van der Waals surface area (Å²) < 4.78 is 11.3. The Hall–Kier alpha value is -1.26. The van der Waals surface area contributed by atoms with Crippen LogP contribution >= 0.6 is 0 Å². The van der Waals surface area contributed by atoms with Gasteiger partial charge in [0.1, 0.15) is 5.69 Å². The molecule has 0 bridgehead atoms. The molecule has 0 radical (unpaired) electrons. The highest BCUT2D eigenvalue weighted by Gasteiger charge is 2.43. The van der Waals surface area contributed by atoms with Gasteiger partial charge in [-0.05, 0) is 37.5 Å². The average molecular weight is 261 g/mol. The monoisotopic (exact) mass is 261 g/mol. The highest BCUT2D eigenvalue weighted by molar-refractivity contribution is 5.96. The van der Waals surface area contributed by atoms with E-state index < -0.39 is 0 Å². The molecule has 102 valence electrons. The summed E-state index contributed by atoms with van der Waals surface area (Å²) in [5.41, 5.74) is 1.44. The van der Waals surface area contributed by atoms with Crippen molar-refractivity contribution in [1.82, 2.24) is 4.98 Å². The van der Waals surface area contributed by atoms with Crippen LogP contribution in [-0.4, -0.2) is 36.2 Å². The minimum Gasteiger partial charge on any atom is -0.378 e. The largest absolute Gasteiger partial charge is 0.378 e. The predicted octanol–water partition coefficient (Wildman–Crippen LogP) is 2.16. The second-order valence-corrected chi connectivity index (χ2v) is 5.61. The maximum absolute atomic E-state index is 12.5. The van der Waals surface area contributed by atoms with Gasteiger partial charge in [-0.15, -0.1) is 0 Å². The Morgan fingerprint density at radius 1 is 1.47 bits per heavy atom. The van der Waals surface area contributed by atoms with Gasteiger partial charge in [0.25, 0.3) is 0 Å². The first kappa shape index (κ1) is 12.8. The van der Waals surface area contributed by atoms with Crippen LogP contribution in [-0.2, 0) is 9.47 Å². The van der Waals surface area contributed by atoms with Crippen LogP contribution in [0.15, 0.2) is 18.3 Å². The van der Waals surface area contributed by atoms with Gasteiger partial charge in [-0.25, -0.2) is 0 Å². The van der Waals surface area contributed by atoms with Gasteiger partial charge in [-0.1, -0.05) is 0 Å². The van der Waals surface area contributed by atoms with Crippen molar-refractivity contribution >= 4 is 5.78 Å². The maximum Gasteiger partial charge on any atom is 0.184 e. The number of carbonyl (C=O) groups excluding carboxylic acids is 1. The number of hydrogen-bond donors (Lipinski definition) is 0. The summed E-state index contributed by atoms with van der Waals surface area (Å²) in [5.74, 6) is 0.169. The summed E-state index contributed by atoms with van der Waals surface area (Å²) in [6.45, 7) is 3.99. The Kier molecular flexibility index (Phi) is 3.37. The van der Waals surface area contributed by atoms with Crippen molar-refractivity contribution in [3.05, 3.63) is 29.6 Å². The Morgan fingerprint density at radius 2 is 2.37 bits per heavy atom. The summed E-state index contributed by atoms with van der Waals surface area (Å²) in [4.78, 5) is 16.7. The van der Waals surface area contributed by atoms with Crippen molar-refractivity contribution in [1.29, 1.82) is 0 Å². The molecule has 1 spiro atoms. The molecule has 2 saturated heterocycles. The highest BCUT2D eigenvalue weighted by atomic mass is 16.6. The topological polar surface area (TPSA) is 48.4 Å². The van der Waals surface area contributed by atoms with Crippen LogP contribution in [0, 0.1) is 12.8 Å². The van der Waals surface area contributed by atoms with Gasteiger partial charge in [-0.2, -0.15) is 0 Å². The van der Waals surface area contributed by atoms with Gasteiger partial charge >= 0.3 is 0 Å². The molecule has 0 amide bonds. The molecule has 2 fully saturated rings. The summed E-state index contributed by atoms with van der Waals surface area (Å²) in [5, 5.41) is 0. The highest BCUT2D eigenvalue weighted by Crippen LogP contribution is 2.36. The van der Waals surface area contributed by atoms with Crippen LogP contribution in [0.2, 0.25) is 0 Å². The van der Waals surface area contributed by atoms with E-state index >= 15 is 0 Å². The first-order chi connectivity index (χ1) is 9.19. The quantitative estimate of drug-likeness (QED) is 0.765. The minimum absolute atomic E-state index is 0.0183. The molecule has 4 heteroatoms. The minimum atomic E-state index is -0.220. The van der Waals surface area contributed by atoms with E-state index in [1.807, 2.05) is 19.1 Å². The molecular formula is C15H19NO3. The van der Waals surface area contributed by atoms with Crippen LogP contribution in [0.4, 0.5) is 0 Å². The fourth-order valence-electron chi connectivity index (χ4n) is 2.99. The summed E-state index contributed by atoms with van der Waals surface area (Å²) in [7, 11) is 0. The molecule has 0 aliphatic carbocycles. The number of ether oxygens (including phenoxy) is 2. The molecule has 0 aromatic carbocycles. The lowest BCUT2D eigenvalue weighted by molar-refractivity contribution is -0.0921. The number of ketones is 1. The molecule has 2 unspecified atom stereocenters. The molecule has 2 aliphatic rings. The van der Waals surface area contributed by atoms with Gasteiger partial charge in [-0.3, -0.25) is 9.78 Å². The standard InChI is InChI=1S/C15H19NO3/c1-11-2-5-16-13(8-11)14(17)12-3-6-19-15(9-12)4-7-18-10-15/h2,5,8,12H,3-4,6-7,9-10H2,1H3. The molecule has 0 saturated carbocycles. The van der Waals surface area contributed by atoms with E-state index in [1.165, 1.54) is 0 Å². The number of rotatable bonds is 2. The molecule has 1 aromatic rings. The van der Waals surface area contributed by atoms with Gasteiger partial charge in [0.05, 0.1) is 12.2 Å². The van der Waals surface area contributed by atoms with E-state index in [-0.39, 0.29) is 17.3 Å². The van der Waals surface area contributed by atoms with Crippen LogP contribution in [0.5, 0.6) is 0 Å². The number of carbonyl (C=O) groups is 1. The third-order valence-electron chi connectivity index (χ3n) is 4.10. The lowest BCUT2D eigenvalue weighted by Gasteiger charge is -2.36. The van der Waals surface area contributed by atoms with Crippen LogP contribution in [0.25, 0.3) is 0 Å². The summed E-state index contributed by atoms with van der Waals surface area (Å²) in [6.07, 6.45) is 4.16. The number of aromatic nitrogens is 1. The third-order valence-corrected chi connectivity index (χ3v) is 4.10. The third kappa shape index (κ3) is 2.55. The zero-order chi connectivity index (χ0) is 13.3. The molecule has 2 aliphatic heterocycles. The molecular weight excluding hydrogens is 242 g/mol. The van der Waals surface area contributed by atoms with E-state index in [9.17, 15) is 4.79 Å². The second kappa shape index (κ2) is 5.02.